The minimum Gasteiger partial charge on any atom is -0.294 e. The van der Waals surface area contributed by atoms with Crippen LogP contribution in [0, 0.1) is 6.92 Å². The van der Waals surface area contributed by atoms with Crippen molar-refractivity contribution in [2.45, 2.75) is 18.7 Å². The number of ketones is 1. The standard InChI is InChI=1S/C12H12N2O2S/c1-8-2-4-9(5-3-8)10(15)6-12-14-13-11(16)7-17-12/h2-5,12H,6-7H2,1H3. The molecule has 1 heterocycles. The molecule has 1 aliphatic heterocycles. The highest BCUT2D eigenvalue weighted by molar-refractivity contribution is 8.00. The Labute approximate surface area is 104 Å². The molecule has 0 spiro atoms. The summed E-state index contributed by atoms with van der Waals surface area (Å²) in [5, 5.41) is 7.08. The van der Waals surface area contributed by atoms with E-state index in [1.54, 1.807) is 0 Å². The summed E-state index contributed by atoms with van der Waals surface area (Å²) in [6.07, 6.45) is 0.296. The summed E-state index contributed by atoms with van der Waals surface area (Å²) in [6, 6.07) is 7.44. The number of azo groups is 1. The van der Waals surface area contributed by atoms with Crippen molar-refractivity contribution in [2.24, 2.45) is 10.2 Å². The smallest absolute Gasteiger partial charge is 0.274 e. The van der Waals surface area contributed by atoms with E-state index in [1.807, 2.05) is 31.2 Å². The molecule has 1 aromatic carbocycles. The third-order valence-electron chi connectivity index (χ3n) is 2.43. The van der Waals surface area contributed by atoms with E-state index in [4.69, 9.17) is 0 Å². The van der Waals surface area contributed by atoms with Crippen molar-refractivity contribution < 1.29 is 9.59 Å². The first-order valence-corrected chi connectivity index (χ1v) is 6.35. The van der Waals surface area contributed by atoms with Crippen molar-refractivity contribution >= 4 is 23.5 Å². The first kappa shape index (κ1) is 12.0. The van der Waals surface area contributed by atoms with Crippen LogP contribution in [-0.4, -0.2) is 22.8 Å². The molecule has 1 atom stereocenters. The van der Waals surface area contributed by atoms with Crippen LogP contribution in [0.3, 0.4) is 0 Å². The highest BCUT2D eigenvalue weighted by Gasteiger charge is 2.20. The van der Waals surface area contributed by atoms with Crippen LogP contribution in [0.2, 0.25) is 0 Å². The van der Waals surface area contributed by atoms with Crippen LogP contribution < -0.4 is 0 Å². The Morgan fingerprint density at radius 3 is 2.71 bits per heavy atom. The Morgan fingerprint density at radius 1 is 1.41 bits per heavy atom. The van der Waals surface area contributed by atoms with Crippen molar-refractivity contribution in [3.05, 3.63) is 35.4 Å². The molecular formula is C12H12N2O2S. The molecule has 0 saturated heterocycles. The quantitative estimate of drug-likeness (QED) is 0.772. The normalized spacial score (nSPS) is 19.4. The molecule has 1 amide bonds. The van der Waals surface area contributed by atoms with Gasteiger partial charge in [0.2, 0.25) is 0 Å². The Kier molecular flexibility index (Phi) is 3.68. The maximum atomic E-state index is 11.9. The molecule has 0 aromatic heterocycles. The second-order valence-electron chi connectivity index (χ2n) is 3.87. The first-order valence-electron chi connectivity index (χ1n) is 5.30. The lowest BCUT2D eigenvalue weighted by molar-refractivity contribution is -0.116. The molecular weight excluding hydrogens is 236 g/mol. The highest BCUT2D eigenvalue weighted by Crippen LogP contribution is 2.22. The van der Waals surface area contributed by atoms with Gasteiger partial charge in [-0.05, 0) is 6.92 Å². The van der Waals surface area contributed by atoms with E-state index in [-0.39, 0.29) is 17.1 Å². The van der Waals surface area contributed by atoms with Crippen LogP contribution in [0.25, 0.3) is 0 Å². The van der Waals surface area contributed by atoms with Gasteiger partial charge in [-0.1, -0.05) is 29.8 Å². The summed E-state index contributed by atoms with van der Waals surface area (Å²) in [7, 11) is 0. The third-order valence-corrected chi connectivity index (χ3v) is 3.49. The molecule has 1 aliphatic rings. The van der Waals surface area contributed by atoms with Gasteiger partial charge in [0.05, 0.1) is 5.75 Å². The predicted molar refractivity (Wildman–Crippen MR) is 66.2 cm³/mol. The summed E-state index contributed by atoms with van der Waals surface area (Å²) in [5.74, 6) is 0.125. The topological polar surface area (TPSA) is 58.9 Å². The van der Waals surface area contributed by atoms with Crippen LogP contribution in [0.1, 0.15) is 22.3 Å². The Hall–Kier alpha value is -1.49. The molecule has 0 bridgehead atoms. The highest BCUT2D eigenvalue weighted by atomic mass is 32.2. The fourth-order valence-electron chi connectivity index (χ4n) is 1.47. The average molecular weight is 248 g/mol. The van der Waals surface area contributed by atoms with E-state index >= 15 is 0 Å². The molecule has 2 rings (SSSR count). The van der Waals surface area contributed by atoms with Crippen molar-refractivity contribution in [3.63, 3.8) is 0 Å². The summed E-state index contributed by atoms with van der Waals surface area (Å²) in [6.45, 7) is 1.98. The minimum atomic E-state index is -0.228. The molecule has 0 fully saturated rings. The van der Waals surface area contributed by atoms with Gasteiger partial charge >= 0.3 is 0 Å². The van der Waals surface area contributed by atoms with Gasteiger partial charge in [0.1, 0.15) is 5.37 Å². The molecule has 88 valence electrons. The van der Waals surface area contributed by atoms with Gasteiger partial charge in [-0.15, -0.1) is 16.9 Å². The van der Waals surface area contributed by atoms with Crippen LogP contribution in [0.5, 0.6) is 0 Å². The summed E-state index contributed by atoms with van der Waals surface area (Å²) >= 11 is 1.37. The van der Waals surface area contributed by atoms with Crippen molar-refractivity contribution in [2.75, 3.05) is 5.75 Å². The van der Waals surface area contributed by atoms with E-state index in [1.165, 1.54) is 11.8 Å². The fourth-order valence-corrected chi connectivity index (χ4v) is 2.25. The third kappa shape index (κ3) is 3.23. The van der Waals surface area contributed by atoms with E-state index in [2.05, 4.69) is 10.2 Å². The lowest BCUT2D eigenvalue weighted by Crippen LogP contribution is -2.15. The second kappa shape index (κ2) is 5.23. The minimum absolute atomic E-state index is 0.0378. The van der Waals surface area contributed by atoms with Crippen molar-refractivity contribution in [1.82, 2.24) is 0 Å². The number of hydrogen-bond donors (Lipinski definition) is 0. The molecule has 17 heavy (non-hydrogen) atoms. The SMILES string of the molecule is Cc1ccc(C(=O)CC2N=NC(=O)CS2)cc1. The number of rotatable bonds is 3. The predicted octanol–water partition coefficient (Wildman–Crippen LogP) is 2.62. The number of hydrogen-bond acceptors (Lipinski definition) is 4. The number of amides is 1. The van der Waals surface area contributed by atoms with Crippen LogP contribution >= 0.6 is 11.8 Å². The molecule has 0 aliphatic carbocycles. The molecule has 0 N–H and O–H groups in total. The van der Waals surface area contributed by atoms with E-state index in [9.17, 15) is 9.59 Å². The fraction of sp³-hybridized carbons (Fsp3) is 0.333. The van der Waals surface area contributed by atoms with Gasteiger partial charge < -0.3 is 0 Å². The summed E-state index contributed by atoms with van der Waals surface area (Å²) in [4.78, 5) is 22.7. The molecule has 1 unspecified atom stereocenters. The van der Waals surface area contributed by atoms with Gasteiger partial charge in [0.25, 0.3) is 5.91 Å². The van der Waals surface area contributed by atoms with E-state index < -0.39 is 0 Å². The second-order valence-corrected chi connectivity index (χ2v) is 5.03. The Balaban J connectivity index is 2.00. The molecule has 1 aromatic rings. The average Bonchev–Trinajstić information content (AvgIpc) is 2.33. The maximum Gasteiger partial charge on any atom is 0.274 e. The summed E-state index contributed by atoms with van der Waals surface area (Å²) in [5.41, 5.74) is 1.81. The number of aryl methyl sites for hydroxylation is 1. The van der Waals surface area contributed by atoms with Crippen LogP contribution in [0.15, 0.2) is 34.5 Å². The first-order chi connectivity index (χ1) is 8.15. The summed E-state index contributed by atoms with van der Waals surface area (Å²) < 4.78 is 0. The molecule has 0 saturated carbocycles. The Bertz CT molecular complexity index is 468. The number of Topliss-reactive ketones (excluding diaryl/α,β-unsaturated/α-hetero) is 1. The van der Waals surface area contributed by atoms with Gasteiger partial charge in [-0.3, -0.25) is 9.59 Å². The van der Waals surface area contributed by atoms with Gasteiger partial charge in [0.15, 0.2) is 5.78 Å². The van der Waals surface area contributed by atoms with Gasteiger partial charge in [0, 0.05) is 12.0 Å². The molecule has 0 radical (unpaired) electrons. The largest absolute Gasteiger partial charge is 0.294 e. The Morgan fingerprint density at radius 2 is 2.12 bits per heavy atom. The van der Waals surface area contributed by atoms with Crippen LogP contribution in [0.4, 0.5) is 0 Å². The molecule has 5 heteroatoms. The number of carbonyl (C=O) groups excluding carboxylic acids is 2. The van der Waals surface area contributed by atoms with Crippen molar-refractivity contribution in [3.8, 4) is 0 Å². The number of carbonyl (C=O) groups is 2. The van der Waals surface area contributed by atoms with Gasteiger partial charge in [-0.25, -0.2) is 0 Å². The lowest BCUT2D eigenvalue weighted by atomic mass is 10.1. The van der Waals surface area contributed by atoms with Crippen molar-refractivity contribution in [1.29, 1.82) is 0 Å². The van der Waals surface area contributed by atoms with Gasteiger partial charge in [-0.2, -0.15) is 5.11 Å². The zero-order valence-corrected chi connectivity index (χ0v) is 10.2. The lowest BCUT2D eigenvalue weighted by Gasteiger charge is -2.12. The zero-order valence-electron chi connectivity index (χ0n) is 9.42. The maximum absolute atomic E-state index is 11.9. The van der Waals surface area contributed by atoms with Crippen LogP contribution in [-0.2, 0) is 4.79 Å². The molecule has 4 nitrogen and oxygen atoms in total. The number of benzene rings is 1. The van der Waals surface area contributed by atoms with E-state index in [0.29, 0.717) is 17.7 Å². The van der Waals surface area contributed by atoms with E-state index in [0.717, 1.165) is 5.56 Å². The zero-order chi connectivity index (χ0) is 12.3. The monoisotopic (exact) mass is 248 g/mol. The number of thioether (sulfide) groups is 1. The number of nitrogens with zero attached hydrogens (tertiary/aromatic N) is 2.